The lowest BCUT2D eigenvalue weighted by molar-refractivity contribution is -0.384. The number of hydrogen-bond donors (Lipinski definition) is 1. The number of thiazole rings is 1. The van der Waals surface area contributed by atoms with E-state index in [1.165, 1.54) is 6.07 Å². The molecule has 1 aliphatic heterocycles. The molecule has 1 amide bonds. The molecule has 0 saturated carbocycles. The van der Waals surface area contributed by atoms with Crippen LogP contribution in [0.4, 0.5) is 16.5 Å². The Hall–Kier alpha value is -2.68. The van der Waals surface area contributed by atoms with Crippen LogP contribution in [0.3, 0.4) is 0 Å². The Bertz CT molecular complexity index is 786. The number of anilines is 2. The summed E-state index contributed by atoms with van der Waals surface area (Å²) in [6, 6.07) is 4.65. The summed E-state index contributed by atoms with van der Waals surface area (Å²) in [5, 5.41) is 17.2. The minimum atomic E-state index is -0.422. The van der Waals surface area contributed by atoms with Crippen molar-refractivity contribution in [3.63, 3.8) is 0 Å². The maximum Gasteiger partial charge on any atom is 0.293 e. The number of nitro groups is 1. The monoisotopic (exact) mass is 375 g/mol. The molecular weight excluding hydrogens is 354 g/mol. The number of rotatable bonds is 5. The molecule has 0 radical (unpaired) electrons. The van der Waals surface area contributed by atoms with Crippen LogP contribution in [0.25, 0.3) is 0 Å². The summed E-state index contributed by atoms with van der Waals surface area (Å²) < 4.78 is 0. The Morgan fingerprint density at radius 1 is 1.27 bits per heavy atom. The number of benzene rings is 1. The van der Waals surface area contributed by atoms with Crippen LogP contribution in [0.2, 0.25) is 0 Å². The molecule has 0 aliphatic carbocycles. The van der Waals surface area contributed by atoms with Gasteiger partial charge >= 0.3 is 0 Å². The van der Waals surface area contributed by atoms with Gasteiger partial charge in [-0.25, -0.2) is 4.98 Å². The van der Waals surface area contributed by atoms with Crippen molar-refractivity contribution in [1.82, 2.24) is 10.3 Å². The lowest BCUT2D eigenvalue weighted by atomic mass is 10.1. The third-order valence-electron chi connectivity index (χ3n) is 4.16. The van der Waals surface area contributed by atoms with Gasteiger partial charge in [-0.15, -0.1) is 11.3 Å². The number of nitrogens with one attached hydrogen (secondary N) is 1. The SMILES string of the molecule is CC(C)NC(=O)c1ccc(N2CCN(c3nccs3)CC2)c([N+](=O)[O-])c1. The highest BCUT2D eigenvalue weighted by molar-refractivity contribution is 7.13. The molecule has 1 N–H and O–H groups in total. The summed E-state index contributed by atoms with van der Waals surface area (Å²) >= 11 is 1.59. The standard InChI is InChI=1S/C17H21N5O3S/c1-12(2)19-16(23)13-3-4-14(15(11-13)22(24)25)20-6-8-21(9-7-20)17-18-5-10-26-17/h3-5,10-12H,6-9H2,1-2H3,(H,19,23). The van der Waals surface area contributed by atoms with E-state index >= 15 is 0 Å². The van der Waals surface area contributed by atoms with Crippen molar-refractivity contribution in [2.24, 2.45) is 0 Å². The molecular formula is C17H21N5O3S. The first-order valence-electron chi connectivity index (χ1n) is 8.44. The summed E-state index contributed by atoms with van der Waals surface area (Å²) in [6.07, 6.45) is 1.78. The minimum absolute atomic E-state index is 0.0276. The highest BCUT2D eigenvalue weighted by Gasteiger charge is 2.26. The molecule has 1 aliphatic rings. The van der Waals surface area contributed by atoms with Gasteiger partial charge in [0.2, 0.25) is 0 Å². The van der Waals surface area contributed by atoms with Crippen LogP contribution in [0.15, 0.2) is 29.8 Å². The lowest BCUT2D eigenvalue weighted by Gasteiger charge is -2.35. The third-order valence-corrected chi connectivity index (χ3v) is 5.00. The zero-order chi connectivity index (χ0) is 18.7. The second-order valence-corrected chi connectivity index (χ2v) is 7.25. The van der Waals surface area contributed by atoms with Crippen LogP contribution in [0, 0.1) is 10.1 Å². The summed E-state index contributed by atoms with van der Waals surface area (Å²) in [5.74, 6) is -0.303. The van der Waals surface area contributed by atoms with Crippen molar-refractivity contribution < 1.29 is 9.72 Å². The van der Waals surface area contributed by atoms with E-state index in [-0.39, 0.29) is 17.6 Å². The minimum Gasteiger partial charge on any atom is -0.362 e. The van der Waals surface area contributed by atoms with Gasteiger partial charge in [-0.1, -0.05) is 0 Å². The molecule has 0 atom stereocenters. The molecule has 138 valence electrons. The topological polar surface area (TPSA) is 91.6 Å². The Morgan fingerprint density at radius 2 is 1.96 bits per heavy atom. The van der Waals surface area contributed by atoms with Gasteiger partial charge in [0.05, 0.1) is 4.92 Å². The Labute approximate surface area is 155 Å². The van der Waals surface area contributed by atoms with Crippen LogP contribution in [-0.2, 0) is 0 Å². The van der Waals surface area contributed by atoms with Gasteiger partial charge in [0, 0.05) is 55.4 Å². The number of nitro benzene ring substituents is 1. The Balaban J connectivity index is 1.77. The fourth-order valence-corrected chi connectivity index (χ4v) is 3.63. The first kappa shape index (κ1) is 18.1. The summed E-state index contributed by atoms with van der Waals surface area (Å²) in [5.41, 5.74) is 0.814. The van der Waals surface area contributed by atoms with Crippen LogP contribution in [-0.4, -0.2) is 48.0 Å². The van der Waals surface area contributed by atoms with Gasteiger partial charge in [0.15, 0.2) is 5.13 Å². The van der Waals surface area contributed by atoms with E-state index in [1.807, 2.05) is 24.1 Å². The number of nitrogens with zero attached hydrogens (tertiary/aromatic N) is 4. The molecule has 0 bridgehead atoms. The maximum absolute atomic E-state index is 12.1. The van der Waals surface area contributed by atoms with Gasteiger partial charge in [-0.3, -0.25) is 14.9 Å². The van der Waals surface area contributed by atoms with Crippen LogP contribution in [0.1, 0.15) is 24.2 Å². The first-order valence-corrected chi connectivity index (χ1v) is 9.32. The third kappa shape index (κ3) is 3.93. The van der Waals surface area contributed by atoms with Crippen LogP contribution < -0.4 is 15.1 Å². The molecule has 2 aromatic rings. The van der Waals surface area contributed by atoms with E-state index in [2.05, 4.69) is 15.2 Å². The highest BCUT2D eigenvalue weighted by atomic mass is 32.1. The quantitative estimate of drug-likeness (QED) is 0.638. The number of piperazine rings is 1. The molecule has 0 unspecified atom stereocenters. The van der Waals surface area contributed by atoms with E-state index < -0.39 is 4.92 Å². The van der Waals surface area contributed by atoms with Crippen LogP contribution >= 0.6 is 11.3 Å². The molecule has 0 spiro atoms. The zero-order valence-electron chi connectivity index (χ0n) is 14.7. The predicted molar refractivity (Wildman–Crippen MR) is 102 cm³/mol. The van der Waals surface area contributed by atoms with Crippen molar-refractivity contribution in [2.75, 3.05) is 36.0 Å². The maximum atomic E-state index is 12.1. The second-order valence-electron chi connectivity index (χ2n) is 6.38. The van der Waals surface area contributed by atoms with Crippen molar-refractivity contribution in [3.05, 3.63) is 45.5 Å². The normalized spacial score (nSPS) is 14.6. The highest BCUT2D eigenvalue weighted by Crippen LogP contribution is 2.31. The summed E-state index contributed by atoms with van der Waals surface area (Å²) in [6.45, 7) is 6.53. The number of carbonyl (C=O) groups excluding carboxylic acids is 1. The van der Waals surface area contributed by atoms with E-state index in [1.54, 1.807) is 29.7 Å². The number of amides is 1. The average molecular weight is 375 g/mol. The second kappa shape index (κ2) is 7.69. The molecule has 1 saturated heterocycles. The van der Waals surface area contributed by atoms with E-state index in [9.17, 15) is 14.9 Å². The molecule has 26 heavy (non-hydrogen) atoms. The van der Waals surface area contributed by atoms with Crippen molar-refractivity contribution in [1.29, 1.82) is 0 Å². The lowest BCUT2D eigenvalue weighted by Crippen LogP contribution is -2.46. The van der Waals surface area contributed by atoms with E-state index in [0.717, 1.165) is 18.2 Å². The molecule has 1 aromatic carbocycles. The fourth-order valence-electron chi connectivity index (χ4n) is 2.93. The molecule has 1 aromatic heterocycles. The first-order chi connectivity index (χ1) is 12.5. The van der Waals surface area contributed by atoms with Crippen molar-refractivity contribution in [3.8, 4) is 0 Å². The molecule has 8 nitrogen and oxygen atoms in total. The van der Waals surface area contributed by atoms with Gasteiger partial charge in [0.1, 0.15) is 5.69 Å². The van der Waals surface area contributed by atoms with Gasteiger partial charge in [0.25, 0.3) is 11.6 Å². The summed E-state index contributed by atoms with van der Waals surface area (Å²) in [7, 11) is 0. The molecule has 1 fully saturated rings. The Morgan fingerprint density at radius 3 is 2.54 bits per heavy atom. The number of hydrogen-bond acceptors (Lipinski definition) is 7. The molecule has 3 rings (SSSR count). The molecule has 2 heterocycles. The number of aromatic nitrogens is 1. The average Bonchev–Trinajstić information content (AvgIpc) is 3.15. The number of carbonyl (C=O) groups is 1. The largest absolute Gasteiger partial charge is 0.362 e. The van der Waals surface area contributed by atoms with Gasteiger partial charge in [-0.2, -0.15) is 0 Å². The fraction of sp³-hybridized carbons (Fsp3) is 0.412. The molecule has 9 heteroatoms. The van der Waals surface area contributed by atoms with Gasteiger partial charge in [-0.05, 0) is 26.0 Å². The zero-order valence-corrected chi connectivity index (χ0v) is 15.5. The van der Waals surface area contributed by atoms with E-state index in [0.29, 0.717) is 24.3 Å². The van der Waals surface area contributed by atoms with Crippen molar-refractivity contribution >= 4 is 33.8 Å². The predicted octanol–water partition coefficient (Wildman–Crippen LogP) is 2.52. The van der Waals surface area contributed by atoms with Crippen LogP contribution in [0.5, 0.6) is 0 Å². The van der Waals surface area contributed by atoms with Gasteiger partial charge < -0.3 is 15.1 Å². The smallest absolute Gasteiger partial charge is 0.293 e. The Kier molecular flexibility index (Phi) is 5.36. The van der Waals surface area contributed by atoms with Crippen molar-refractivity contribution in [2.45, 2.75) is 19.9 Å². The summed E-state index contributed by atoms with van der Waals surface area (Å²) in [4.78, 5) is 31.7. The van der Waals surface area contributed by atoms with E-state index in [4.69, 9.17) is 0 Å².